The number of anilines is 1. The molecule has 0 bridgehead atoms. The Bertz CT molecular complexity index is 2060. The number of halogens is 1. The number of fused-ring (bicyclic) bond motifs is 3. The number of hydrogen-bond acceptors (Lipinski definition) is 8. The lowest BCUT2D eigenvalue weighted by molar-refractivity contribution is -0.154. The molecule has 10 heteroatoms. The van der Waals surface area contributed by atoms with E-state index in [9.17, 15) is 14.0 Å². The Morgan fingerprint density at radius 1 is 0.925 bits per heavy atom. The Labute approximate surface area is 310 Å². The third kappa shape index (κ3) is 8.76. The molecule has 3 heterocycles. The number of carbonyl (C=O) groups is 2. The number of amides is 1. The third-order valence-corrected chi connectivity index (χ3v) is 10.3. The summed E-state index contributed by atoms with van der Waals surface area (Å²) >= 11 is 0. The zero-order valence-corrected chi connectivity index (χ0v) is 30.5. The fourth-order valence-electron chi connectivity index (χ4n) is 7.57. The molecule has 1 saturated heterocycles. The maximum absolute atomic E-state index is 14.5. The van der Waals surface area contributed by atoms with Crippen molar-refractivity contribution in [2.24, 2.45) is 0 Å². The highest BCUT2D eigenvalue weighted by Gasteiger charge is 2.35. The fraction of sp³-hybridized carbons (Fsp3) is 0.395. The Balaban J connectivity index is 0.938. The lowest BCUT2D eigenvalue weighted by Crippen LogP contribution is -2.57. The zero-order chi connectivity index (χ0) is 36.6. The molecule has 1 aliphatic heterocycles. The summed E-state index contributed by atoms with van der Waals surface area (Å²) in [5.74, 6) is -0.320. The number of ether oxygens (including phenoxy) is 2. The number of unbranched alkanes of at least 4 members (excludes halogenated alkanes) is 2. The fourth-order valence-corrected chi connectivity index (χ4v) is 7.57. The third-order valence-electron chi connectivity index (χ3n) is 10.3. The van der Waals surface area contributed by atoms with Crippen LogP contribution in [0.4, 0.5) is 10.1 Å². The van der Waals surface area contributed by atoms with Crippen molar-refractivity contribution in [2.45, 2.75) is 77.5 Å². The van der Waals surface area contributed by atoms with Gasteiger partial charge in [-0.3, -0.25) is 19.5 Å². The van der Waals surface area contributed by atoms with E-state index in [1.165, 1.54) is 47.3 Å². The number of hydrogen-bond donors (Lipinski definition) is 1. The van der Waals surface area contributed by atoms with Gasteiger partial charge in [-0.15, -0.1) is 0 Å². The van der Waals surface area contributed by atoms with Crippen molar-refractivity contribution in [3.05, 3.63) is 107 Å². The normalized spacial score (nSPS) is 16.0. The summed E-state index contributed by atoms with van der Waals surface area (Å²) < 4.78 is 26.0. The van der Waals surface area contributed by atoms with Gasteiger partial charge >= 0.3 is 5.97 Å². The minimum Gasteiger partial charge on any atom is -0.487 e. The Hall–Kier alpha value is -5.09. The van der Waals surface area contributed by atoms with Gasteiger partial charge in [-0.25, -0.2) is 9.37 Å². The quantitative estimate of drug-likeness (QED) is 0.0926. The topological polar surface area (TPSA) is 96.9 Å². The number of nitrogens with zero attached hydrogens (tertiary/aromatic N) is 4. The summed E-state index contributed by atoms with van der Waals surface area (Å²) in [7, 11) is 0. The SMILES string of the molecule is CCOC(=O)C1CN(C(=O)CCCCCNc2c3c(nc4ccccc24)CCCC3)CCN1Cc1ccc2cc(F)cc(OCc3ccccc3)c2n1. The molecule has 1 aliphatic carbocycles. The first-order valence-electron chi connectivity index (χ1n) is 19.1. The smallest absolute Gasteiger partial charge is 0.325 e. The molecular formula is C43H48FN5O4. The summed E-state index contributed by atoms with van der Waals surface area (Å²) in [6.07, 6.45) is 7.62. The zero-order valence-electron chi connectivity index (χ0n) is 30.5. The van der Waals surface area contributed by atoms with Crippen molar-refractivity contribution in [2.75, 3.05) is 38.1 Å². The van der Waals surface area contributed by atoms with Crippen LogP contribution in [0, 0.1) is 5.82 Å². The van der Waals surface area contributed by atoms with Crippen molar-refractivity contribution < 1.29 is 23.5 Å². The molecule has 2 aromatic heterocycles. The monoisotopic (exact) mass is 717 g/mol. The molecule has 0 spiro atoms. The second-order valence-electron chi connectivity index (χ2n) is 14.0. The summed E-state index contributed by atoms with van der Waals surface area (Å²) in [5, 5.41) is 5.55. The first-order valence-corrected chi connectivity index (χ1v) is 19.1. The average Bonchev–Trinajstić information content (AvgIpc) is 3.18. The van der Waals surface area contributed by atoms with Gasteiger partial charge in [0.2, 0.25) is 5.91 Å². The number of carbonyl (C=O) groups excluding carboxylic acids is 2. The van der Waals surface area contributed by atoms with Crippen LogP contribution in [0.25, 0.3) is 21.8 Å². The average molecular weight is 718 g/mol. The number of benzene rings is 3. The molecule has 7 rings (SSSR count). The van der Waals surface area contributed by atoms with Gasteiger partial charge in [-0.2, -0.15) is 0 Å². The van der Waals surface area contributed by atoms with Gasteiger partial charge in [-0.05, 0) is 74.8 Å². The van der Waals surface area contributed by atoms with E-state index in [1.54, 1.807) is 11.8 Å². The predicted molar refractivity (Wildman–Crippen MR) is 205 cm³/mol. The van der Waals surface area contributed by atoms with Crippen LogP contribution in [-0.2, 0) is 40.3 Å². The molecular weight excluding hydrogens is 670 g/mol. The van der Waals surface area contributed by atoms with Crippen molar-refractivity contribution in [1.82, 2.24) is 19.8 Å². The van der Waals surface area contributed by atoms with Crippen LogP contribution in [0.3, 0.4) is 0 Å². The standard InChI is InChI=1S/C43H48FN5O4/c1-2-52-43(51)38-28-49(40(50)19-7-4-12-22-45-42-34-15-8-10-17-36(34)47-37-18-11-9-16-35(37)42)24-23-48(38)27-33-21-20-31-25-32(44)26-39(41(31)46-33)53-29-30-13-5-3-6-14-30/h3,5-6,8,10,13-15,17,20-21,25-26,38H,2,4,7,9,11-12,16,18-19,22-24,27-29H2,1H3,(H,45,47). The number of nitrogens with one attached hydrogen (secondary N) is 1. The van der Waals surface area contributed by atoms with Crippen LogP contribution in [0.2, 0.25) is 0 Å². The van der Waals surface area contributed by atoms with Gasteiger partial charge in [0.15, 0.2) is 0 Å². The number of esters is 1. The second kappa shape index (κ2) is 17.2. The largest absolute Gasteiger partial charge is 0.487 e. The van der Waals surface area contributed by atoms with Gasteiger partial charge in [0.1, 0.15) is 29.7 Å². The second-order valence-corrected chi connectivity index (χ2v) is 14.0. The van der Waals surface area contributed by atoms with Crippen LogP contribution in [-0.4, -0.2) is 70.5 Å². The molecule has 1 N–H and O–H groups in total. The summed E-state index contributed by atoms with van der Waals surface area (Å²) in [6, 6.07) is 23.9. The summed E-state index contributed by atoms with van der Waals surface area (Å²) in [4.78, 5) is 40.3. The van der Waals surface area contributed by atoms with Crippen molar-refractivity contribution in [3.8, 4) is 5.75 Å². The van der Waals surface area contributed by atoms with Gasteiger partial charge in [-0.1, -0.05) is 61.0 Å². The lowest BCUT2D eigenvalue weighted by Gasteiger charge is -2.40. The molecule has 3 aromatic carbocycles. The minimum absolute atomic E-state index is 0.0622. The number of pyridine rings is 2. The van der Waals surface area contributed by atoms with E-state index in [2.05, 4.69) is 23.5 Å². The highest BCUT2D eigenvalue weighted by atomic mass is 19.1. The van der Waals surface area contributed by atoms with E-state index in [0.717, 1.165) is 55.4 Å². The van der Waals surface area contributed by atoms with Crippen molar-refractivity contribution >= 4 is 39.4 Å². The van der Waals surface area contributed by atoms with E-state index in [1.807, 2.05) is 53.4 Å². The molecule has 53 heavy (non-hydrogen) atoms. The molecule has 1 unspecified atom stereocenters. The van der Waals surface area contributed by atoms with Crippen LogP contribution >= 0.6 is 0 Å². The Kier molecular flexibility index (Phi) is 11.7. The maximum Gasteiger partial charge on any atom is 0.325 e. The van der Waals surface area contributed by atoms with Crippen LogP contribution in [0.15, 0.2) is 78.9 Å². The van der Waals surface area contributed by atoms with E-state index >= 15 is 0 Å². The number of aromatic nitrogens is 2. The Morgan fingerprint density at radius 2 is 1.75 bits per heavy atom. The highest BCUT2D eigenvalue weighted by molar-refractivity contribution is 5.93. The first-order chi connectivity index (χ1) is 26.0. The molecule has 5 aromatic rings. The molecule has 0 radical (unpaired) electrons. The minimum atomic E-state index is -0.613. The van der Waals surface area contributed by atoms with Crippen LogP contribution in [0.5, 0.6) is 5.75 Å². The van der Waals surface area contributed by atoms with E-state index in [-0.39, 0.29) is 31.6 Å². The van der Waals surface area contributed by atoms with Crippen molar-refractivity contribution in [3.63, 3.8) is 0 Å². The number of aryl methyl sites for hydroxylation is 1. The molecule has 9 nitrogen and oxygen atoms in total. The van der Waals surface area contributed by atoms with Crippen molar-refractivity contribution in [1.29, 1.82) is 0 Å². The lowest BCUT2D eigenvalue weighted by atomic mass is 9.92. The number of para-hydroxylation sites is 1. The molecule has 276 valence electrons. The maximum atomic E-state index is 14.5. The predicted octanol–water partition coefficient (Wildman–Crippen LogP) is 7.63. The van der Waals surface area contributed by atoms with E-state index in [4.69, 9.17) is 19.4 Å². The van der Waals surface area contributed by atoms with Crippen LogP contribution < -0.4 is 10.1 Å². The van der Waals surface area contributed by atoms with E-state index in [0.29, 0.717) is 42.7 Å². The van der Waals surface area contributed by atoms with E-state index < -0.39 is 11.9 Å². The number of piperazine rings is 1. The molecule has 1 atom stereocenters. The molecule has 2 aliphatic rings. The molecule has 0 saturated carbocycles. The number of rotatable bonds is 14. The van der Waals surface area contributed by atoms with Gasteiger partial charge < -0.3 is 19.7 Å². The Morgan fingerprint density at radius 3 is 2.62 bits per heavy atom. The van der Waals surface area contributed by atoms with Crippen LogP contribution in [0.1, 0.15) is 68.0 Å². The first kappa shape index (κ1) is 36.3. The van der Waals surface area contributed by atoms with Gasteiger partial charge in [0.05, 0.1) is 17.8 Å². The highest BCUT2D eigenvalue weighted by Crippen LogP contribution is 2.33. The van der Waals surface area contributed by atoms with Gasteiger partial charge in [0, 0.05) is 67.4 Å². The summed E-state index contributed by atoms with van der Waals surface area (Å²) in [5.41, 5.74) is 7.12. The molecule has 1 fully saturated rings. The van der Waals surface area contributed by atoms with Gasteiger partial charge in [0.25, 0.3) is 0 Å². The summed E-state index contributed by atoms with van der Waals surface area (Å²) in [6.45, 7) is 4.83. The molecule has 1 amide bonds.